The molecule has 0 fully saturated rings. The fourth-order valence-electron chi connectivity index (χ4n) is 2.08. The van der Waals surface area contributed by atoms with Crippen LogP contribution in [-0.4, -0.2) is 36.8 Å². The number of amides is 2. The topological polar surface area (TPSA) is 90.9 Å². The predicted molar refractivity (Wildman–Crippen MR) is 102 cm³/mol. The molecule has 138 valence electrons. The Balaban J connectivity index is 1.94. The van der Waals surface area contributed by atoms with Gasteiger partial charge in [0.25, 0.3) is 0 Å². The van der Waals surface area contributed by atoms with Crippen molar-refractivity contribution in [2.24, 2.45) is 0 Å². The van der Waals surface area contributed by atoms with E-state index in [9.17, 15) is 9.59 Å². The number of carboxylic acids is 1. The molecule has 0 bridgehead atoms. The predicted octanol–water partition coefficient (Wildman–Crippen LogP) is 3.64. The van der Waals surface area contributed by atoms with E-state index in [-0.39, 0.29) is 6.03 Å². The Hall–Kier alpha value is -3.22. The van der Waals surface area contributed by atoms with Crippen LogP contribution in [0.15, 0.2) is 48.5 Å². The molecule has 3 N–H and O–H groups in total. The third-order valence-electron chi connectivity index (χ3n) is 3.64. The van der Waals surface area contributed by atoms with Gasteiger partial charge in [0.15, 0.2) is 5.60 Å². The summed E-state index contributed by atoms with van der Waals surface area (Å²) in [4.78, 5) is 25.1. The van der Waals surface area contributed by atoms with Crippen LogP contribution in [0.5, 0.6) is 5.75 Å². The van der Waals surface area contributed by atoms with Gasteiger partial charge in [-0.05, 0) is 62.4 Å². The summed E-state index contributed by atoms with van der Waals surface area (Å²) in [5.74, 6) is -0.651. The average Bonchev–Trinajstić information content (AvgIpc) is 2.56. The Morgan fingerprint density at radius 3 is 1.81 bits per heavy atom. The molecule has 0 saturated carbocycles. The number of carbonyl (C=O) groups excluding carboxylic acids is 1. The van der Waals surface area contributed by atoms with Gasteiger partial charge in [-0.15, -0.1) is 0 Å². The maximum atomic E-state index is 12.1. The molecule has 2 amide bonds. The summed E-state index contributed by atoms with van der Waals surface area (Å²) in [6, 6.07) is 13.6. The number of hydrogen-bond acceptors (Lipinski definition) is 4. The van der Waals surface area contributed by atoms with Gasteiger partial charge in [0.2, 0.25) is 0 Å². The van der Waals surface area contributed by atoms with Gasteiger partial charge >= 0.3 is 12.0 Å². The van der Waals surface area contributed by atoms with Crippen molar-refractivity contribution in [1.82, 2.24) is 0 Å². The van der Waals surface area contributed by atoms with Crippen LogP contribution < -0.4 is 20.3 Å². The summed E-state index contributed by atoms with van der Waals surface area (Å²) in [6.07, 6.45) is 0. The zero-order valence-corrected chi connectivity index (χ0v) is 15.2. The smallest absolute Gasteiger partial charge is 0.347 e. The van der Waals surface area contributed by atoms with Gasteiger partial charge in [-0.3, -0.25) is 0 Å². The van der Waals surface area contributed by atoms with E-state index in [0.717, 1.165) is 5.69 Å². The molecule has 2 aromatic rings. The van der Waals surface area contributed by atoms with Crippen LogP contribution in [-0.2, 0) is 4.79 Å². The molecule has 0 aliphatic rings. The summed E-state index contributed by atoms with van der Waals surface area (Å²) in [6.45, 7) is 2.94. The van der Waals surface area contributed by atoms with Crippen molar-refractivity contribution in [3.05, 3.63) is 48.5 Å². The lowest BCUT2D eigenvalue weighted by Crippen LogP contribution is -2.37. The molecule has 0 radical (unpaired) electrons. The molecule has 2 rings (SSSR count). The summed E-state index contributed by atoms with van der Waals surface area (Å²) in [5.41, 5.74) is 0.949. The monoisotopic (exact) mass is 357 g/mol. The second-order valence-electron chi connectivity index (χ2n) is 6.46. The quantitative estimate of drug-likeness (QED) is 0.734. The Kier molecular flexibility index (Phi) is 5.71. The van der Waals surface area contributed by atoms with Crippen LogP contribution in [0.3, 0.4) is 0 Å². The highest BCUT2D eigenvalue weighted by Crippen LogP contribution is 2.21. The number of ether oxygens (including phenoxy) is 1. The number of aliphatic carboxylic acids is 1. The first kappa shape index (κ1) is 19.1. The van der Waals surface area contributed by atoms with E-state index in [0.29, 0.717) is 17.1 Å². The number of carboxylic acid groups (broad SMARTS) is 1. The molecule has 0 aromatic heterocycles. The first-order valence-electron chi connectivity index (χ1n) is 8.05. The number of anilines is 3. The molecule has 0 spiro atoms. The maximum absolute atomic E-state index is 12.1. The first-order chi connectivity index (χ1) is 12.2. The molecule has 0 aliphatic heterocycles. The molecule has 0 aliphatic carbocycles. The number of urea groups is 1. The van der Waals surface area contributed by atoms with Crippen LogP contribution in [0.2, 0.25) is 0 Å². The van der Waals surface area contributed by atoms with Crippen LogP contribution in [0.25, 0.3) is 0 Å². The molecule has 7 heteroatoms. The third-order valence-corrected chi connectivity index (χ3v) is 3.64. The molecule has 7 nitrogen and oxygen atoms in total. The van der Waals surface area contributed by atoms with Crippen LogP contribution >= 0.6 is 0 Å². The van der Waals surface area contributed by atoms with E-state index in [1.165, 1.54) is 13.8 Å². The minimum Gasteiger partial charge on any atom is -0.478 e. The highest BCUT2D eigenvalue weighted by atomic mass is 16.5. The minimum atomic E-state index is -1.33. The van der Waals surface area contributed by atoms with E-state index in [1.807, 2.05) is 43.3 Å². The molecule has 0 heterocycles. The van der Waals surface area contributed by atoms with Crippen molar-refractivity contribution in [2.75, 3.05) is 29.6 Å². The summed E-state index contributed by atoms with van der Waals surface area (Å²) in [5, 5.41) is 14.5. The fraction of sp³-hybridized carbons (Fsp3) is 0.263. The van der Waals surface area contributed by atoms with E-state index in [2.05, 4.69) is 10.6 Å². The molecular formula is C19H23N3O4. The normalized spacial score (nSPS) is 10.8. The van der Waals surface area contributed by atoms with Gasteiger partial charge in [-0.2, -0.15) is 0 Å². The van der Waals surface area contributed by atoms with E-state index < -0.39 is 11.6 Å². The lowest BCUT2D eigenvalue weighted by Gasteiger charge is -2.21. The molecular weight excluding hydrogens is 334 g/mol. The summed E-state index contributed by atoms with van der Waals surface area (Å²) >= 11 is 0. The van der Waals surface area contributed by atoms with E-state index >= 15 is 0 Å². The third kappa shape index (κ3) is 5.14. The number of carbonyl (C=O) groups is 2. The summed E-state index contributed by atoms with van der Waals surface area (Å²) < 4.78 is 5.42. The highest BCUT2D eigenvalue weighted by Gasteiger charge is 2.29. The Morgan fingerprint density at radius 1 is 0.923 bits per heavy atom. The second-order valence-corrected chi connectivity index (χ2v) is 6.46. The van der Waals surface area contributed by atoms with Crippen LogP contribution in [0, 0.1) is 0 Å². The van der Waals surface area contributed by atoms with Gasteiger partial charge in [-0.1, -0.05) is 0 Å². The molecule has 0 atom stereocenters. The van der Waals surface area contributed by atoms with Gasteiger partial charge in [0.05, 0.1) is 0 Å². The SMILES string of the molecule is CN(C)c1ccc(NC(=O)Nc2ccc(OC(C)(C)C(=O)O)cc2)cc1. The van der Waals surface area contributed by atoms with Crippen LogP contribution in [0.1, 0.15) is 13.8 Å². The largest absolute Gasteiger partial charge is 0.478 e. The Labute approximate surface area is 152 Å². The van der Waals surface area contributed by atoms with E-state index in [1.54, 1.807) is 24.3 Å². The molecule has 0 saturated heterocycles. The van der Waals surface area contributed by atoms with Gasteiger partial charge < -0.3 is 25.4 Å². The lowest BCUT2D eigenvalue weighted by atomic mass is 10.1. The van der Waals surface area contributed by atoms with Crippen molar-refractivity contribution in [3.63, 3.8) is 0 Å². The molecule has 2 aromatic carbocycles. The minimum absolute atomic E-state index is 0.373. The van der Waals surface area contributed by atoms with E-state index in [4.69, 9.17) is 9.84 Å². The average molecular weight is 357 g/mol. The number of nitrogens with one attached hydrogen (secondary N) is 2. The number of hydrogen-bond donors (Lipinski definition) is 3. The van der Waals surface area contributed by atoms with Crippen molar-refractivity contribution >= 4 is 29.1 Å². The Morgan fingerprint density at radius 2 is 1.38 bits per heavy atom. The first-order valence-corrected chi connectivity index (χ1v) is 8.05. The number of benzene rings is 2. The maximum Gasteiger partial charge on any atom is 0.347 e. The van der Waals surface area contributed by atoms with Crippen molar-refractivity contribution < 1.29 is 19.4 Å². The molecule has 0 unspecified atom stereocenters. The van der Waals surface area contributed by atoms with Gasteiger partial charge in [0.1, 0.15) is 5.75 Å². The zero-order valence-electron chi connectivity index (χ0n) is 15.2. The second kappa shape index (κ2) is 7.77. The zero-order chi connectivity index (χ0) is 19.3. The van der Waals surface area contributed by atoms with Crippen molar-refractivity contribution in [1.29, 1.82) is 0 Å². The lowest BCUT2D eigenvalue weighted by molar-refractivity contribution is -0.152. The molecule has 26 heavy (non-hydrogen) atoms. The van der Waals surface area contributed by atoms with Crippen LogP contribution in [0.4, 0.5) is 21.9 Å². The van der Waals surface area contributed by atoms with Gasteiger partial charge in [0, 0.05) is 31.2 Å². The summed E-state index contributed by atoms with van der Waals surface area (Å²) in [7, 11) is 3.89. The van der Waals surface area contributed by atoms with Crippen molar-refractivity contribution in [2.45, 2.75) is 19.4 Å². The number of rotatable bonds is 6. The van der Waals surface area contributed by atoms with Crippen molar-refractivity contribution in [3.8, 4) is 5.75 Å². The van der Waals surface area contributed by atoms with Gasteiger partial charge in [-0.25, -0.2) is 9.59 Å². The number of nitrogens with zero attached hydrogens (tertiary/aromatic N) is 1. The Bertz CT molecular complexity index is 768. The standard InChI is InChI=1S/C19H23N3O4/c1-19(2,17(23)24)26-16-11-7-14(8-12-16)21-18(25)20-13-5-9-15(10-6-13)22(3)4/h5-12H,1-4H3,(H,23,24)(H2,20,21,25). The highest BCUT2D eigenvalue weighted by molar-refractivity contribution is 5.99. The fourth-order valence-corrected chi connectivity index (χ4v) is 2.08.